The van der Waals surface area contributed by atoms with Crippen LogP contribution in [0.4, 0.5) is 0 Å². The average molecular weight is 130 g/mol. The van der Waals surface area contributed by atoms with Crippen LogP contribution in [-0.2, 0) is 4.79 Å². The Balaban J connectivity index is 3.56. The smallest absolute Gasteiger partial charge is 0.189 e. The first-order chi connectivity index (χ1) is 3.66. The maximum absolute atomic E-state index is 10.2. The second-order valence-corrected chi connectivity index (χ2v) is 2.20. The van der Waals surface area contributed by atoms with E-state index in [0.29, 0.717) is 6.42 Å². The van der Waals surface area contributed by atoms with Gasteiger partial charge in [0.05, 0.1) is 0 Å². The van der Waals surface area contributed by atoms with E-state index in [-0.39, 0.29) is 5.12 Å². The highest BCUT2D eigenvalue weighted by molar-refractivity contribution is 7.96. The summed E-state index contributed by atoms with van der Waals surface area (Å²) in [5, 5.41) is -0.0689. The minimum Gasteiger partial charge on any atom is -0.287 e. The van der Waals surface area contributed by atoms with E-state index >= 15 is 0 Å². The van der Waals surface area contributed by atoms with Gasteiger partial charge in [0.1, 0.15) is 0 Å². The first-order valence-electron chi connectivity index (χ1n) is 2.50. The second-order valence-electron chi connectivity index (χ2n) is 1.71. The number of thiol groups is 1. The van der Waals surface area contributed by atoms with Crippen LogP contribution in [0.25, 0.3) is 0 Å². The SMILES string of the molecule is CC=C(C)CC(=O)S. The van der Waals surface area contributed by atoms with Crippen LogP contribution in [0.2, 0.25) is 0 Å². The summed E-state index contributed by atoms with van der Waals surface area (Å²) in [5.74, 6) is 0. The van der Waals surface area contributed by atoms with Gasteiger partial charge in [0.25, 0.3) is 0 Å². The summed E-state index contributed by atoms with van der Waals surface area (Å²) < 4.78 is 0. The lowest BCUT2D eigenvalue weighted by atomic mass is 10.2. The van der Waals surface area contributed by atoms with Crippen molar-refractivity contribution in [1.29, 1.82) is 0 Å². The van der Waals surface area contributed by atoms with Crippen molar-refractivity contribution in [2.75, 3.05) is 0 Å². The van der Waals surface area contributed by atoms with Gasteiger partial charge in [0.15, 0.2) is 5.12 Å². The van der Waals surface area contributed by atoms with Crippen LogP contribution in [0.1, 0.15) is 20.3 Å². The van der Waals surface area contributed by atoms with Gasteiger partial charge in [-0.1, -0.05) is 11.6 Å². The summed E-state index contributed by atoms with van der Waals surface area (Å²) >= 11 is 3.61. The molecule has 0 aliphatic carbocycles. The molecule has 0 unspecified atom stereocenters. The third-order valence-corrected chi connectivity index (χ3v) is 1.08. The van der Waals surface area contributed by atoms with Crippen molar-refractivity contribution in [2.45, 2.75) is 20.3 Å². The predicted molar refractivity (Wildman–Crippen MR) is 38.0 cm³/mol. The molecule has 0 spiro atoms. The molecule has 0 radical (unpaired) electrons. The van der Waals surface area contributed by atoms with E-state index in [4.69, 9.17) is 0 Å². The molecule has 46 valence electrons. The fourth-order valence-corrected chi connectivity index (χ4v) is 0.590. The first kappa shape index (κ1) is 7.76. The number of hydrogen-bond donors (Lipinski definition) is 1. The summed E-state index contributed by atoms with van der Waals surface area (Å²) in [7, 11) is 0. The van der Waals surface area contributed by atoms with Crippen molar-refractivity contribution in [3.05, 3.63) is 11.6 Å². The average Bonchev–Trinajstić information content (AvgIpc) is 1.65. The van der Waals surface area contributed by atoms with Gasteiger partial charge in [-0.2, -0.15) is 0 Å². The predicted octanol–water partition coefficient (Wildman–Crippen LogP) is 1.80. The molecule has 0 saturated heterocycles. The van der Waals surface area contributed by atoms with E-state index in [1.54, 1.807) is 0 Å². The highest BCUT2D eigenvalue weighted by atomic mass is 32.1. The maximum atomic E-state index is 10.2. The van der Waals surface area contributed by atoms with Crippen LogP contribution in [0, 0.1) is 0 Å². The molecule has 0 aromatic rings. The van der Waals surface area contributed by atoms with Crippen molar-refractivity contribution in [1.82, 2.24) is 0 Å². The van der Waals surface area contributed by atoms with Gasteiger partial charge in [-0.25, -0.2) is 0 Å². The van der Waals surface area contributed by atoms with E-state index in [1.165, 1.54) is 0 Å². The van der Waals surface area contributed by atoms with Crippen molar-refractivity contribution < 1.29 is 4.79 Å². The number of carbonyl (C=O) groups excluding carboxylic acids is 1. The molecule has 0 aliphatic heterocycles. The molecular formula is C6H10OS. The lowest BCUT2D eigenvalue weighted by Gasteiger charge is -1.90. The van der Waals surface area contributed by atoms with Gasteiger partial charge >= 0.3 is 0 Å². The number of hydrogen-bond acceptors (Lipinski definition) is 1. The summed E-state index contributed by atoms with van der Waals surface area (Å²) in [4.78, 5) is 10.2. The Kier molecular flexibility index (Phi) is 3.61. The zero-order chi connectivity index (χ0) is 6.57. The lowest BCUT2D eigenvalue weighted by Crippen LogP contribution is -1.85. The summed E-state index contributed by atoms with van der Waals surface area (Å²) in [5.41, 5.74) is 1.07. The minimum absolute atomic E-state index is 0.0689. The number of carbonyl (C=O) groups is 1. The van der Waals surface area contributed by atoms with Crippen LogP contribution >= 0.6 is 12.6 Å². The van der Waals surface area contributed by atoms with Crippen molar-refractivity contribution in [2.24, 2.45) is 0 Å². The Bertz CT molecular complexity index is 116. The molecule has 0 atom stereocenters. The zero-order valence-electron chi connectivity index (χ0n) is 5.14. The molecule has 0 heterocycles. The van der Waals surface area contributed by atoms with Gasteiger partial charge in [-0.05, 0) is 13.8 Å². The van der Waals surface area contributed by atoms with Gasteiger partial charge in [-0.15, -0.1) is 12.6 Å². The lowest BCUT2D eigenvalue weighted by molar-refractivity contribution is -0.110. The molecule has 0 N–H and O–H groups in total. The summed E-state index contributed by atoms with van der Waals surface area (Å²) in [6.07, 6.45) is 2.38. The molecule has 0 aliphatic rings. The molecule has 1 nitrogen and oxygen atoms in total. The zero-order valence-corrected chi connectivity index (χ0v) is 6.03. The fourth-order valence-electron chi connectivity index (χ4n) is 0.341. The maximum Gasteiger partial charge on any atom is 0.189 e. The Morgan fingerprint density at radius 3 is 2.38 bits per heavy atom. The van der Waals surface area contributed by atoms with E-state index < -0.39 is 0 Å². The topological polar surface area (TPSA) is 17.1 Å². The Morgan fingerprint density at radius 2 is 2.25 bits per heavy atom. The number of rotatable bonds is 2. The third-order valence-electron chi connectivity index (χ3n) is 0.923. The van der Waals surface area contributed by atoms with Crippen molar-refractivity contribution >= 4 is 17.7 Å². The van der Waals surface area contributed by atoms with Gasteiger partial charge in [-0.3, -0.25) is 4.79 Å². The van der Waals surface area contributed by atoms with Crippen LogP contribution < -0.4 is 0 Å². The Morgan fingerprint density at radius 1 is 1.75 bits per heavy atom. The summed E-state index contributed by atoms with van der Waals surface area (Å²) in [6.45, 7) is 3.82. The van der Waals surface area contributed by atoms with E-state index in [0.717, 1.165) is 5.57 Å². The fraction of sp³-hybridized carbons (Fsp3) is 0.500. The third kappa shape index (κ3) is 3.93. The first-order valence-corrected chi connectivity index (χ1v) is 2.95. The van der Waals surface area contributed by atoms with E-state index in [1.807, 2.05) is 19.9 Å². The Hall–Kier alpha value is -0.240. The van der Waals surface area contributed by atoms with Crippen molar-refractivity contribution in [3.8, 4) is 0 Å². The summed E-state index contributed by atoms with van der Waals surface area (Å²) in [6, 6.07) is 0. The highest BCUT2D eigenvalue weighted by Crippen LogP contribution is 2.00. The molecule has 0 aromatic heterocycles. The Labute approximate surface area is 55.2 Å². The highest BCUT2D eigenvalue weighted by Gasteiger charge is 1.92. The molecule has 8 heavy (non-hydrogen) atoms. The normalized spacial score (nSPS) is 11.6. The van der Waals surface area contributed by atoms with Crippen LogP contribution in [0.5, 0.6) is 0 Å². The van der Waals surface area contributed by atoms with Crippen LogP contribution in [0.3, 0.4) is 0 Å². The molecule has 0 fully saturated rings. The van der Waals surface area contributed by atoms with Crippen LogP contribution in [0.15, 0.2) is 11.6 Å². The van der Waals surface area contributed by atoms with Gasteiger partial charge in [0, 0.05) is 6.42 Å². The number of allylic oxidation sites excluding steroid dienone is 2. The quantitative estimate of drug-likeness (QED) is 0.445. The minimum atomic E-state index is -0.0689. The molecule has 0 saturated carbocycles. The van der Waals surface area contributed by atoms with Crippen molar-refractivity contribution in [3.63, 3.8) is 0 Å². The molecule has 0 bridgehead atoms. The molecule has 0 amide bonds. The monoisotopic (exact) mass is 130 g/mol. The molecule has 2 heteroatoms. The second kappa shape index (κ2) is 3.72. The molecule has 0 rings (SSSR count). The van der Waals surface area contributed by atoms with Crippen LogP contribution in [-0.4, -0.2) is 5.12 Å². The van der Waals surface area contributed by atoms with E-state index in [2.05, 4.69) is 12.6 Å². The van der Waals surface area contributed by atoms with E-state index in [9.17, 15) is 4.79 Å². The standard InChI is InChI=1S/C6H10OS/c1-3-5(2)4-6(7)8/h3H,4H2,1-2H3,(H,7,8). The molecule has 0 aromatic carbocycles. The largest absolute Gasteiger partial charge is 0.287 e. The molecular weight excluding hydrogens is 120 g/mol. The van der Waals surface area contributed by atoms with Gasteiger partial charge in [0.2, 0.25) is 0 Å². The van der Waals surface area contributed by atoms with Gasteiger partial charge < -0.3 is 0 Å².